The van der Waals surface area contributed by atoms with Crippen molar-refractivity contribution in [1.29, 1.82) is 5.26 Å². The second-order valence-corrected chi connectivity index (χ2v) is 9.47. The lowest BCUT2D eigenvalue weighted by molar-refractivity contribution is -0.105. The van der Waals surface area contributed by atoms with Crippen LogP contribution in [0.25, 0.3) is 11.4 Å². The van der Waals surface area contributed by atoms with Gasteiger partial charge in [-0.3, -0.25) is 0 Å². The topological polar surface area (TPSA) is 152 Å². The van der Waals surface area contributed by atoms with E-state index in [9.17, 15) is 15.5 Å². The Morgan fingerprint density at radius 3 is 2.76 bits per heavy atom. The summed E-state index contributed by atoms with van der Waals surface area (Å²) in [6, 6.07) is 7.03. The number of aromatic nitrogens is 4. The van der Waals surface area contributed by atoms with Gasteiger partial charge in [0, 0.05) is 22.4 Å². The minimum atomic E-state index is -0.932. The van der Waals surface area contributed by atoms with Crippen LogP contribution in [0, 0.1) is 11.3 Å². The summed E-state index contributed by atoms with van der Waals surface area (Å²) in [7, 11) is 1.51. The summed E-state index contributed by atoms with van der Waals surface area (Å²) < 4.78 is 13.3. The van der Waals surface area contributed by atoms with Crippen molar-refractivity contribution in [3.63, 3.8) is 0 Å². The van der Waals surface area contributed by atoms with Crippen molar-refractivity contribution in [2.75, 3.05) is 19.5 Å². The van der Waals surface area contributed by atoms with Crippen molar-refractivity contribution in [3.05, 3.63) is 40.4 Å². The van der Waals surface area contributed by atoms with Gasteiger partial charge in [0.05, 0.1) is 31.0 Å². The Morgan fingerprint density at radius 1 is 1.36 bits per heavy atom. The summed E-state index contributed by atoms with van der Waals surface area (Å²) in [4.78, 5) is 4.78. The molecule has 4 atom stereocenters. The van der Waals surface area contributed by atoms with E-state index in [2.05, 4.69) is 21.4 Å². The molecule has 0 aliphatic rings. The van der Waals surface area contributed by atoms with E-state index >= 15 is 0 Å². The molecule has 33 heavy (non-hydrogen) atoms. The van der Waals surface area contributed by atoms with Crippen LogP contribution in [-0.2, 0) is 16.0 Å². The Labute approximate surface area is 203 Å². The summed E-state index contributed by atoms with van der Waals surface area (Å²) in [5.41, 5.74) is 6.56. The first-order chi connectivity index (χ1) is 15.8. The van der Waals surface area contributed by atoms with E-state index in [-0.39, 0.29) is 6.54 Å². The second-order valence-electron chi connectivity index (χ2n) is 7.01. The van der Waals surface area contributed by atoms with Crippen molar-refractivity contribution in [2.24, 2.45) is 0 Å². The number of rotatable bonds is 11. The molecule has 2 heterocycles. The molecule has 0 bridgehead atoms. The molecule has 0 radical (unpaired) electrons. The molecule has 2 unspecified atom stereocenters. The summed E-state index contributed by atoms with van der Waals surface area (Å²) >= 11 is 8.65. The molecular formula is C20H23ClN6O4S2. The van der Waals surface area contributed by atoms with Crippen molar-refractivity contribution in [1.82, 2.24) is 20.0 Å². The van der Waals surface area contributed by atoms with Crippen LogP contribution in [0.1, 0.15) is 12.5 Å². The molecule has 3 aromatic rings. The molecule has 2 aromatic heterocycles. The van der Waals surface area contributed by atoms with Crippen LogP contribution in [0.4, 0.5) is 5.13 Å². The summed E-state index contributed by atoms with van der Waals surface area (Å²) in [5.74, 6) is 0. The van der Waals surface area contributed by atoms with Crippen molar-refractivity contribution >= 4 is 39.8 Å². The van der Waals surface area contributed by atoms with Crippen LogP contribution >= 0.6 is 34.7 Å². The molecule has 0 amide bonds. The second kappa shape index (κ2) is 11.8. The number of nitrogens with two attached hydrogens (primary N) is 1. The van der Waals surface area contributed by atoms with Crippen LogP contribution < -0.4 is 5.73 Å². The third kappa shape index (κ3) is 6.64. The number of halogens is 1. The molecule has 10 nitrogen and oxygen atoms in total. The van der Waals surface area contributed by atoms with Crippen LogP contribution in [0.3, 0.4) is 0 Å². The number of nitrogens with zero attached hydrogens (tertiary/aromatic N) is 5. The Morgan fingerprint density at radius 2 is 2.15 bits per heavy atom. The molecule has 4 N–H and O–H groups in total. The van der Waals surface area contributed by atoms with Gasteiger partial charge in [-0.15, -0.1) is 16.4 Å². The highest BCUT2D eigenvalue weighted by molar-refractivity contribution is 7.99. The number of thioether (sulfide) groups is 1. The van der Waals surface area contributed by atoms with E-state index in [1.165, 1.54) is 37.1 Å². The van der Waals surface area contributed by atoms with Gasteiger partial charge in [0.25, 0.3) is 0 Å². The van der Waals surface area contributed by atoms with E-state index in [4.69, 9.17) is 26.8 Å². The lowest BCUT2D eigenvalue weighted by Gasteiger charge is -2.30. The lowest BCUT2D eigenvalue weighted by Crippen LogP contribution is -2.40. The number of methoxy groups -OCH3 is 1. The van der Waals surface area contributed by atoms with Gasteiger partial charge in [-0.1, -0.05) is 28.6 Å². The van der Waals surface area contributed by atoms with E-state index in [0.717, 1.165) is 0 Å². The highest BCUT2D eigenvalue weighted by Crippen LogP contribution is 2.33. The molecule has 0 saturated heterocycles. The monoisotopic (exact) mass is 510 g/mol. The van der Waals surface area contributed by atoms with E-state index in [0.29, 0.717) is 32.0 Å². The number of hydrogen-bond donors (Lipinski definition) is 3. The third-order valence-electron chi connectivity index (χ3n) is 4.63. The summed E-state index contributed by atoms with van der Waals surface area (Å²) in [5, 5.41) is 40.1. The highest BCUT2D eigenvalue weighted by atomic mass is 35.5. The lowest BCUT2D eigenvalue weighted by atomic mass is 10.2. The van der Waals surface area contributed by atoms with Crippen molar-refractivity contribution in [3.8, 4) is 17.5 Å². The fraction of sp³-hybridized carbons (Fsp3) is 0.400. The standard InChI is InChI=1S/C20H23ClN6O4S2/c1-11(29)17(9-28)31-19(33-18-5-13(21)4-3-12(18)6-22)16(30-2)8-27-7-14(25-26-27)15-10-32-20(23)24-15/h3-5,7,10-11,16-17,19,28-29H,8-9H2,1-2H3,(H2,23,24)/t11-,16+,17?,19?/m1/s1. The van der Waals surface area contributed by atoms with Gasteiger partial charge in [-0.2, -0.15) is 5.26 Å². The van der Waals surface area contributed by atoms with Gasteiger partial charge in [-0.05, 0) is 25.1 Å². The van der Waals surface area contributed by atoms with E-state index < -0.39 is 30.4 Å². The van der Waals surface area contributed by atoms with Crippen LogP contribution in [0.5, 0.6) is 0 Å². The van der Waals surface area contributed by atoms with Gasteiger partial charge in [0.15, 0.2) is 5.13 Å². The number of thiazole rings is 1. The number of nitriles is 1. The van der Waals surface area contributed by atoms with Crippen LogP contribution in [0.15, 0.2) is 34.7 Å². The van der Waals surface area contributed by atoms with Gasteiger partial charge >= 0.3 is 0 Å². The van der Waals surface area contributed by atoms with Crippen molar-refractivity contribution in [2.45, 2.75) is 42.1 Å². The van der Waals surface area contributed by atoms with E-state index in [1.54, 1.807) is 34.5 Å². The molecule has 0 aliphatic heterocycles. The van der Waals surface area contributed by atoms with Crippen LogP contribution in [-0.4, -0.2) is 67.7 Å². The molecule has 3 rings (SSSR count). The van der Waals surface area contributed by atoms with Crippen LogP contribution in [0.2, 0.25) is 5.02 Å². The Hall–Kier alpha value is -2.24. The molecule has 0 saturated carbocycles. The molecular weight excluding hydrogens is 488 g/mol. The van der Waals surface area contributed by atoms with Gasteiger partial charge in [-0.25, -0.2) is 9.67 Å². The van der Waals surface area contributed by atoms with Gasteiger partial charge in [0.2, 0.25) is 0 Å². The minimum absolute atomic E-state index is 0.237. The predicted octanol–water partition coefficient (Wildman–Crippen LogP) is 2.40. The molecule has 1 aromatic carbocycles. The average molecular weight is 511 g/mol. The highest BCUT2D eigenvalue weighted by Gasteiger charge is 2.30. The molecule has 0 spiro atoms. The predicted molar refractivity (Wildman–Crippen MR) is 126 cm³/mol. The van der Waals surface area contributed by atoms with Crippen molar-refractivity contribution < 1.29 is 19.7 Å². The third-order valence-corrected chi connectivity index (χ3v) is 6.78. The average Bonchev–Trinajstić information content (AvgIpc) is 3.43. The normalized spacial score (nSPS) is 15.0. The minimum Gasteiger partial charge on any atom is -0.394 e. The fourth-order valence-electron chi connectivity index (χ4n) is 2.85. The maximum absolute atomic E-state index is 10.00. The first-order valence-electron chi connectivity index (χ1n) is 9.79. The molecule has 0 aliphatic carbocycles. The Balaban J connectivity index is 1.86. The zero-order valence-electron chi connectivity index (χ0n) is 17.8. The SMILES string of the molecule is CO[C@@H](Cn1cc(-c2csc(N)n2)nn1)C(OC(CO)[C@@H](C)O)Sc1cc(Cl)ccc1C#N. The maximum Gasteiger partial charge on any atom is 0.180 e. The summed E-state index contributed by atoms with van der Waals surface area (Å²) in [6.07, 6.45) is -0.684. The fourth-order valence-corrected chi connectivity index (χ4v) is 4.88. The first kappa shape index (κ1) is 25.4. The largest absolute Gasteiger partial charge is 0.394 e. The zero-order valence-corrected chi connectivity index (χ0v) is 20.2. The van der Waals surface area contributed by atoms with Gasteiger partial charge < -0.3 is 25.4 Å². The molecule has 176 valence electrons. The smallest absolute Gasteiger partial charge is 0.180 e. The number of hydrogen-bond acceptors (Lipinski definition) is 11. The number of ether oxygens (including phenoxy) is 2. The zero-order chi connectivity index (χ0) is 24.0. The van der Waals surface area contributed by atoms with E-state index in [1.807, 2.05) is 0 Å². The molecule has 13 heteroatoms. The summed E-state index contributed by atoms with van der Waals surface area (Å²) in [6.45, 7) is 1.36. The quantitative estimate of drug-likeness (QED) is 0.259. The molecule has 0 fully saturated rings. The number of aliphatic hydroxyl groups is 2. The number of benzene rings is 1. The first-order valence-corrected chi connectivity index (χ1v) is 11.9. The number of anilines is 1. The van der Waals surface area contributed by atoms with Gasteiger partial charge in [0.1, 0.15) is 35.1 Å². The Kier molecular flexibility index (Phi) is 9.04. The maximum atomic E-state index is 10.00. The Bertz CT molecular complexity index is 1100. The number of nitrogen functional groups attached to an aromatic ring is 1. The number of aliphatic hydroxyl groups excluding tert-OH is 2.